The number of benzene rings is 2. The van der Waals surface area contributed by atoms with Gasteiger partial charge in [-0.2, -0.15) is 0 Å². The number of anilines is 1. The van der Waals surface area contributed by atoms with Gasteiger partial charge in [0.05, 0.1) is 38.6 Å². The highest BCUT2D eigenvalue weighted by Gasteiger charge is 2.36. The molecule has 0 aliphatic carbocycles. The number of hydrogen-bond acceptors (Lipinski definition) is 8. The molecule has 1 aliphatic heterocycles. The predicted molar refractivity (Wildman–Crippen MR) is 118 cm³/mol. The number of amides is 1. The minimum atomic E-state index is -0.607. The van der Waals surface area contributed by atoms with Gasteiger partial charge in [-0.25, -0.2) is 4.79 Å². The highest BCUT2D eigenvalue weighted by molar-refractivity contribution is 6.00. The standard InChI is InChI=1S/C23H28N2O7/c1-23(2,3)32-22(28)13-6-7-18(16(24)8-13)31-15-11-25(12-15)21(27)20-17(26)9-14(29-4)10-19(20)30-5/h6-10,15,26H,11-12,24H2,1-5H3. The molecule has 0 radical (unpaired) electrons. The number of nitrogen functional groups attached to an aromatic ring is 1. The van der Waals surface area contributed by atoms with Crippen molar-refractivity contribution >= 4 is 17.6 Å². The van der Waals surface area contributed by atoms with Crippen molar-refractivity contribution in [2.24, 2.45) is 0 Å². The lowest BCUT2D eigenvalue weighted by molar-refractivity contribution is 0.00682. The topological polar surface area (TPSA) is 121 Å². The number of nitrogens with zero attached hydrogens (tertiary/aromatic N) is 1. The molecule has 0 atom stereocenters. The summed E-state index contributed by atoms with van der Waals surface area (Å²) in [5.74, 6) is -0.0550. The number of nitrogens with two attached hydrogens (primary N) is 1. The maximum Gasteiger partial charge on any atom is 0.338 e. The lowest BCUT2D eigenvalue weighted by Crippen LogP contribution is -2.56. The van der Waals surface area contributed by atoms with Gasteiger partial charge in [-0.05, 0) is 39.0 Å². The number of methoxy groups -OCH3 is 2. The smallest absolute Gasteiger partial charge is 0.338 e. The van der Waals surface area contributed by atoms with Crippen LogP contribution in [0.4, 0.5) is 5.69 Å². The van der Waals surface area contributed by atoms with Crippen molar-refractivity contribution in [2.45, 2.75) is 32.5 Å². The summed E-state index contributed by atoms with van der Waals surface area (Å²) in [5, 5.41) is 10.3. The number of rotatable bonds is 6. The summed E-state index contributed by atoms with van der Waals surface area (Å²) in [5.41, 5.74) is 6.13. The molecule has 172 valence electrons. The van der Waals surface area contributed by atoms with E-state index in [4.69, 9.17) is 24.7 Å². The van der Waals surface area contributed by atoms with E-state index in [2.05, 4.69) is 0 Å². The summed E-state index contributed by atoms with van der Waals surface area (Å²) in [6.45, 7) is 5.98. The number of phenols is 1. The maximum atomic E-state index is 12.8. The van der Waals surface area contributed by atoms with Crippen molar-refractivity contribution in [1.82, 2.24) is 4.90 Å². The zero-order valence-electron chi connectivity index (χ0n) is 18.8. The van der Waals surface area contributed by atoms with Crippen LogP contribution in [0.25, 0.3) is 0 Å². The lowest BCUT2D eigenvalue weighted by Gasteiger charge is -2.39. The Labute approximate surface area is 186 Å². The average molecular weight is 444 g/mol. The molecule has 0 unspecified atom stereocenters. The van der Waals surface area contributed by atoms with E-state index in [-0.39, 0.29) is 29.1 Å². The van der Waals surface area contributed by atoms with Crippen LogP contribution >= 0.6 is 0 Å². The van der Waals surface area contributed by atoms with Crippen molar-refractivity contribution in [3.8, 4) is 23.0 Å². The molecule has 2 aromatic carbocycles. The lowest BCUT2D eigenvalue weighted by atomic mass is 10.1. The fourth-order valence-electron chi connectivity index (χ4n) is 3.21. The Morgan fingerprint density at radius 2 is 1.75 bits per heavy atom. The Bertz CT molecular complexity index is 1020. The second-order valence-corrected chi connectivity index (χ2v) is 8.43. The van der Waals surface area contributed by atoms with Crippen LogP contribution in [0.15, 0.2) is 30.3 Å². The highest BCUT2D eigenvalue weighted by Crippen LogP contribution is 2.35. The van der Waals surface area contributed by atoms with Crippen molar-refractivity contribution in [3.63, 3.8) is 0 Å². The molecule has 32 heavy (non-hydrogen) atoms. The van der Waals surface area contributed by atoms with Crippen molar-refractivity contribution < 1.29 is 33.6 Å². The Morgan fingerprint density at radius 3 is 2.31 bits per heavy atom. The number of phenolic OH excluding ortho intramolecular Hbond substituents is 1. The largest absolute Gasteiger partial charge is 0.507 e. The van der Waals surface area contributed by atoms with Gasteiger partial charge in [0.15, 0.2) is 0 Å². The van der Waals surface area contributed by atoms with Crippen LogP contribution < -0.4 is 19.9 Å². The van der Waals surface area contributed by atoms with Gasteiger partial charge in [0, 0.05) is 12.1 Å². The molecule has 1 heterocycles. The minimum absolute atomic E-state index is 0.0629. The van der Waals surface area contributed by atoms with Gasteiger partial charge in [0.25, 0.3) is 5.91 Å². The van der Waals surface area contributed by atoms with E-state index >= 15 is 0 Å². The van der Waals surface area contributed by atoms with E-state index in [1.165, 1.54) is 37.3 Å². The normalized spacial score (nSPS) is 13.8. The summed E-state index contributed by atoms with van der Waals surface area (Å²) in [6, 6.07) is 7.59. The van der Waals surface area contributed by atoms with Gasteiger partial charge in [0.1, 0.15) is 40.3 Å². The number of likely N-dealkylation sites (tertiary alicyclic amines) is 1. The molecule has 1 fully saturated rings. The van der Waals surface area contributed by atoms with Gasteiger partial charge in [-0.3, -0.25) is 4.79 Å². The van der Waals surface area contributed by atoms with Crippen LogP contribution in [0.5, 0.6) is 23.0 Å². The van der Waals surface area contributed by atoms with Gasteiger partial charge >= 0.3 is 5.97 Å². The highest BCUT2D eigenvalue weighted by atomic mass is 16.6. The molecular formula is C23H28N2O7. The first kappa shape index (κ1) is 23.1. The average Bonchev–Trinajstić information content (AvgIpc) is 2.68. The van der Waals surface area contributed by atoms with E-state index < -0.39 is 11.6 Å². The fraction of sp³-hybridized carbons (Fsp3) is 0.391. The number of hydrogen-bond donors (Lipinski definition) is 2. The molecule has 9 heteroatoms. The molecule has 3 rings (SSSR count). The molecule has 3 N–H and O–H groups in total. The van der Waals surface area contributed by atoms with E-state index in [9.17, 15) is 14.7 Å². The Hall–Kier alpha value is -3.62. The number of esters is 1. The van der Waals surface area contributed by atoms with Crippen LogP contribution in [-0.4, -0.2) is 60.9 Å². The predicted octanol–water partition coefficient (Wildman–Crippen LogP) is 2.85. The van der Waals surface area contributed by atoms with E-state index in [1.54, 1.807) is 32.9 Å². The van der Waals surface area contributed by atoms with Crippen LogP contribution in [0.3, 0.4) is 0 Å². The summed E-state index contributed by atoms with van der Waals surface area (Å²) in [6.07, 6.45) is -0.278. The van der Waals surface area contributed by atoms with Gasteiger partial charge in [-0.1, -0.05) is 0 Å². The van der Waals surface area contributed by atoms with Crippen LogP contribution in [0.1, 0.15) is 41.5 Å². The molecule has 1 saturated heterocycles. The molecule has 9 nitrogen and oxygen atoms in total. The number of ether oxygens (including phenoxy) is 4. The van der Waals surface area contributed by atoms with Gasteiger partial charge < -0.3 is 34.7 Å². The molecule has 0 aromatic heterocycles. The van der Waals surface area contributed by atoms with Gasteiger partial charge in [-0.15, -0.1) is 0 Å². The molecule has 0 saturated carbocycles. The zero-order chi connectivity index (χ0) is 23.6. The van der Waals surface area contributed by atoms with Crippen molar-refractivity contribution in [2.75, 3.05) is 33.0 Å². The Kier molecular flexibility index (Phi) is 6.38. The summed E-state index contributed by atoms with van der Waals surface area (Å²) in [4.78, 5) is 26.6. The first-order chi connectivity index (χ1) is 15.0. The third-order valence-corrected chi connectivity index (χ3v) is 4.80. The van der Waals surface area contributed by atoms with Crippen LogP contribution in [0, 0.1) is 0 Å². The first-order valence-electron chi connectivity index (χ1n) is 10.1. The number of aromatic hydroxyl groups is 1. The fourth-order valence-corrected chi connectivity index (χ4v) is 3.21. The molecular weight excluding hydrogens is 416 g/mol. The number of carbonyl (C=O) groups is 2. The SMILES string of the molecule is COc1cc(O)c(C(=O)N2CC(Oc3ccc(C(=O)OC(C)(C)C)cc3N)C2)c(OC)c1. The Morgan fingerprint density at radius 1 is 1.06 bits per heavy atom. The zero-order valence-corrected chi connectivity index (χ0v) is 18.8. The molecule has 0 spiro atoms. The quantitative estimate of drug-likeness (QED) is 0.515. The monoisotopic (exact) mass is 444 g/mol. The van der Waals surface area contributed by atoms with Crippen molar-refractivity contribution in [1.29, 1.82) is 0 Å². The third kappa shape index (κ3) is 4.99. The van der Waals surface area contributed by atoms with E-state index in [1.807, 2.05) is 0 Å². The second-order valence-electron chi connectivity index (χ2n) is 8.43. The third-order valence-electron chi connectivity index (χ3n) is 4.80. The summed E-state index contributed by atoms with van der Waals surface area (Å²) >= 11 is 0. The molecule has 0 bridgehead atoms. The van der Waals surface area contributed by atoms with Crippen LogP contribution in [-0.2, 0) is 4.74 Å². The summed E-state index contributed by atoms with van der Waals surface area (Å²) in [7, 11) is 2.87. The Balaban J connectivity index is 1.63. The molecule has 2 aromatic rings. The minimum Gasteiger partial charge on any atom is -0.507 e. The van der Waals surface area contributed by atoms with Gasteiger partial charge in [0.2, 0.25) is 0 Å². The molecule has 1 amide bonds. The molecule has 1 aliphatic rings. The van der Waals surface area contributed by atoms with E-state index in [0.717, 1.165) is 0 Å². The second kappa shape index (κ2) is 8.86. The van der Waals surface area contributed by atoms with E-state index in [0.29, 0.717) is 35.8 Å². The summed E-state index contributed by atoms with van der Waals surface area (Å²) < 4.78 is 21.5. The first-order valence-corrected chi connectivity index (χ1v) is 10.1. The number of carbonyl (C=O) groups excluding carboxylic acids is 2. The van der Waals surface area contributed by atoms with Crippen molar-refractivity contribution in [3.05, 3.63) is 41.5 Å². The van der Waals surface area contributed by atoms with Crippen LogP contribution in [0.2, 0.25) is 0 Å². The maximum absolute atomic E-state index is 12.8.